The number of aromatic nitrogens is 4. The Balaban J connectivity index is 1.47. The van der Waals surface area contributed by atoms with Crippen LogP contribution in [0.3, 0.4) is 0 Å². The van der Waals surface area contributed by atoms with Gasteiger partial charge in [-0.3, -0.25) is 9.20 Å². The van der Waals surface area contributed by atoms with Gasteiger partial charge in [0, 0.05) is 41.9 Å². The number of halogens is 3. The van der Waals surface area contributed by atoms with Gasteiger partial charge >= 0.3 is 6.18 Å². The summed E-state index contributed by atoms with van der Waals surface area (Å²) in [5, 5.41) is 2.63. The topological polar surface area (TPSA) is 64.2 Å². The molecule has 1 amide bonds. The molecule has 0 radical (unpaired) electrons. The summed E-state index contributed by atoms with van der Waals surface area (Å²) in [4.78, 5) is 21.4. The summed E-state index contributed by atoms with van der Waals surface area (Å²) >= 11 is 0. The van der Waals surface area contributed by atoms with Crippen molar-refractivity contribution in [3.05, 3.63) is 108 Å². The number of aryl methyl sites for hydroxylation is 1. The summed E-state index contributed by atoms with van der Waals surface area (Å²) in [5.74, 6) is -0.507. The van der Waals surface area contributed by atoms with Crippen LogP contribution in [0.1, 0.15) is 27.0 Å². The van der Waals surface area contributed by atoms with Crippen LogP contribution in [0, 0.1) is 6.92 Å². The molecule has 2 aromatic carbocycles. The average Bonchev–Trinajstić information content (AvgIpc) is 3.48. The molecule has 176 valence electrons. The van der Waals surface area contributed by atoms with Crippen LogP contribution in [0.4, 0.5) is 18.9 Å². The SMILES string of the molecule is Cc1ccc(C(=O)Nc2cc(Cn3ccnc3)cc(C(F)(F)F)c2)cc1-c1cnc2ccccn12. The van der Waals surface area contributed by atoms with Gasteiger partial charge in [0.2, 0.25) is 0 Å². The highest BCUT2D eigenvalue weighted by Gasteiger charge is 2.31. The highest BCUT2D eigenvalue weighted by atomic mass is 19.4. The van der Waals surface area contributed by atoms with E-state index in [2.05, 4.69) is 15.3 Å². The minimum atomic E-state index is -4.55. The third kappa shape index (κ3) is 4.65. The number of anilines is 1. The maximum absolute atomic E-state index is 13.5. The molecule has 0 unspecified atom stereocenters. The summed E-state index contributed by atoms with van der Waals surface area (Å²) in [6, 6.07) is 14.4. The van der Waals surface area contributed by atoms with Crippen molar-refractivity contribution >= 4 is 17.2 Å². The number of fused-ring (bicyclic) bond motifs is 1. The number of nitrogens with one attached hydrogen (secondary N) is 1. The Morgan fingerprint density at radius 2 is 1.91 bits per heavy atom. The summed E-state index contributed by atoms with van der Waals surface area (Å²) in [6.07, 6.45) is 3.79. The first-order valence-electron chi connectivity index (χ1n) is 10.8. The van der Waals surface area contributed by atoms with Crippen molar-refractivity contribution in [1.29, 1.82) is 0 Å². The predicted octanol–water partition coefficient (Wildman–Crippen LogP) is 5.83. The average molecular weight is 475 g/mol. The summed E-state index contributed by atoms with van der Waals surface area (Å²) in [7, 11) is 0. The number of pyridine rings is 1. The molecule has 0 saturated carbocycles. The van der Waals surface area contributed by atoms with Gasteiger partial charge < -0.3 is 9.88 Å². The molecule has 0 fully saturated rings. The minimum Gasteiger partial charge on any atom is -0.333 e. The first-order chi connectivity index (χ1) is 16.8. The lowest BCUT2D eigenvalue weighted by Crippen LogP contribution is -2.14. The molecule has 1 N–H and O–H groups in total. The number of benzene rings is 2. The number of carbonyl (C=O) groups excluding carboxylic acids is 1. The second-order valence-corrected chi connectivity index (χ2v) is 8.21. The van der Waals surface area contributed by atoms with Gasteiger partial charge in [-0.25, -0.2) is 9.97 Å². The highest BCUT2D eigenvalue weighted by molar-refractivity contribution is 6.05. The largest absolute Gasteiger partial charge is 0.416 e. The second-order valence-electron chi connectivity index (χ2n) is 8.21. The molecule has 0 saturated heterocycles. The van der Waals surface area contributed by atoms with Gasteiger partial charge in [-0.2, -0.15) is 13.2 Å². The smallest absolute Gasteiger partial charge is 0.333 e. The molecule has 0 bridgehead atoms. The fourth-order valence-electron chi connectivity index (χ4n) is 3.98. The molecule has 0 spiro atoms. The van der Waals surface area contributed by atoms with Crippen molar-refractivity contribution < 1.29 is 18.0 Å². The zero-order chi connectivity index (χ0) is 24.6. The number of alkyl halides is 3. The fraction of sp³-hybridized carbons (Fsp3) is 0.115. The number of carbonyl (C=O) groups is 1. The Labute approximate surface area is 198 Å². The highest BCUT2D eigenvalue weighted by Crippen LogP contribution is 2.33. The van der Waals surface area contributed by atoms with Crippen molar-refractivity contribution in [2.75, 3.05) is 5.32 Å². The van der Waals surface area contributed by atoms with Crippen LogP contribution >= 0.6 is 0 Å². The molecule has 0 aliphatic rings. The lowest BCUT2D eigenvalue weighted by molar-refractivity contribution is -0.137. The molecule has 9 heteroatoms. The molecule has 5 rings (SSSR count). The standard InChI is InChI=1S/C26H20F3N5O/c1-17-5-6-19(12-22(17)23-14-31-24-4-2-3-8-34(23)24)25(35)32-21-11-18(15-33-9-7-30-16-33)10-20(13-21)26(27,28)29/h2-14,16H,15H2,1H3,(H,32,35). The zero-order valence-corrected chi connectivity index (χ0v) is 18.6. The second kappa shape index (κ2) is 8.75. The molecule has 6 nitrogen and oxygen atoms in total. The fourth-order valence-corrected chi connectivity index (χ4v) is 3.98. The molecule has 0 aliphatic heterocycles. The van der Waals surface area contributed by atoms with Crippen molar-refractivity contribution in [3.8, 4) is 11.3 Å². The first-order valence-corrected chi connectivity index (χ1v) is 10.8. The van der Waals surface area contributed by atoms with Crippen molar-refractivity contribution in [3.63, 3.8) is 0 Å². The van der Waals surface area contributed by atoms with E-state index in [0.29, 0.717) is 11.1 Å². The summed E-state index contributed by atoms with van der Waals surface area (Å²) in [6.45, 7) is 2.12. The summed E-state index contributed by atoms with van der Waals surface area (Å²) < 4.78 is 44.2. The lowest BCUT2D eigenvalue weighted by atomic mass is 10.0. The third-order valence-electron chi connectivity index (χ3n) is 5.70. The van der Waals surface area contributed by atoms with E-state index in [9.17, 15) is 18.0 Å². The van der Waals surface area contributed by atoms with Gasteiger partial charge in [-0.05, 0) is 60.5 Å². The van der Waals surface area contributed by atoms with E-state index in [0.717, 1.165) is 34.6 Å². The number of rotatable bonds is 5. The van der Waals surface area contributed by atoms with Gasteiger partial charge in [0.25, 0.3) is 5.91 Å². The van der Waals surface area contributed by atoms with E-state index < -0.39 is 17.6 Å². The van der Waals surface area contributed by atoms with E-state index in [1.807, 2.05) is 41.8 Å². The van der Waals surface area contributed by atoms with E-state index in [1.54, 1.807) is 35.3 Å². The van der Waals surface area contributed by atoms with Crippen LogP contribution in [-0.2, 0) is 12.7 Å². The molecule has 35 heavy (non-hydrogen) atoms. The molecule has 0 aliphatic carbocycles. The Morgan fingerprint density at radius 3 is 2.69 bits per heavy atom. The van der Waals surface area contributed by atoms with Crippen LogP contribution < -0.4 is 5.32 Å². The molecule has 0 atom stereocenters. The van der Waals surface area contributed by atoms with Crippen LogP contribution in [0.5, 0.6) is 0 Å². The Bertz CT molecular complexity index is 1520. The molecule has 3 aromatic heterocycles. The number of hydrogen-bond donors (Lipinski definition) is 1. The molecular formula is C26H20F3N5O. The predicted molar refractivity (Wildman–Crippen MR) is 126 cm³/mol. The van der Waals surface area contributed by atoms with Crippen LogP contribution in [0.25, 0.3) is 16.9 Å². The van der Waals surface area contributed by atoms with Gasteiger partial charge in [0.15, 0.2) is 0 Å². The molecule has 5 aromatic rings. The van der Waals surface area contributed by atoms with Crippen LogP contribution in [0.2, 0.25) is 0 Å². The van der Waals surface area contributed by atoms with E-state index in [-0.39, 0.29) is 12.2 Å². The van der Waals surface area contributed by atoms with Gasteiger partial charge in [0.1, 0.15) is 5.65 Å². The van der Waals surface area contributed by atoms with Gasteiger partial charge in [-0.15, -0.1) is 0 Å². The first kappa shape index (κ1) is 22.4. The monoisotopic (exact) mass is 475 g/mol. The number of nitrogens with zero attached hydrogens (tertiary/aromatic N) is 4. The molecule has 3 heterocycles. The van der Waals surface area contributed by atoms with Gasteiger partial charge in [-0.1, -0.05) is 12.1 Å². The number of hydrogen-bond acceptors (Lipinski definition) is 3. The Morgan fingerprint density at radius 1 is 1.06 bits per heavy atom. The third-order valence-corrected chi connectivity index (χ3v) is 5.70. The lowest BCUT2D eigenvalue weighted by Gasteiger charge is -2.14. The van der Waals surface area contributed by atoms with Gasteiger partial charge in [0.05, 0.1) is 23.8 Å². The van der Waals surface area contributed by atoms with Crippen molar-refractivity contribution in [2.24, 2.45) is 0 Å². The zero-order valence-electron chi connectivity index (χ0n) is 18.6. The molecular weight excluding hydrogens is 455 g/mol. The maximum Gasteiger partial charge on any atom is 0.416 e. The van der Waals surface area contributed by atoms with E-state index in [4.69, 9.17) is 0 Å². The Hall–Kier alpha value is -4.40. The normalized spacial score (nSPS) is 11.7. The van der Waals surface area contributed by atoms with Crippen LogP contribution in [-0.4, -0.2) is 24.8 Å². The number of amides is 1. The van der Waals surface area contributed by atoms with E-state index in [1.165, 1.54) is 12.4 Å². The van der Waals surface area contributed by atoms with Crippen LogP contribution in [0.15, 0.2) is 85.7 Å². The maximum atomic E-state index is 13.5. The number of imidazole rings is 2. The minimum absolute atomic E-state index is 0.0665. The van der Waals surface area contributed by atoms with Crippen molar-refractivity contribution in [2.45, 2.75) is 19.6 Å². The Kier molecular flexibility index (Phi) is 5.60. The summed E-state index contributed by atoms with van der Waals surface area (Å²) in [5.41, 5.74) is 3.28. The van der Waals surface area contributed by atoms with Crippen molar-refractivity contribution in [1.82, 2.24) is 18.9 Å². The quantitative estimate of drug-likeness (QED) is 0.348. The van der Waals surface area contributed by atoms with E-state index >= 15 is 0 Å².